The van der Waals surface area contributed by atoms with Crippen LogP contribution in [0.1, 0.15) is 42.0 Å². The van der Waals surface area contributed by atoms with Gasteiger partial charge in [0.25, 0.3) is 5.91 Å². The lowest BCUT2D eigenvalue weighted by molar-refractivity contribution is -0.116. The molecule has 2 heterocycles. The number of ketones is 1. The van der Waals surface area contributed by atoms with Crippen molar-refractivity contribution in [3.63, 3.8) is 0 Å². The van der Waals surface area contributed by atoms with E-state index in [-0.39, 0.29) is 23.2 Å². The van der Waals surface area contributed by atoms with Crippen LogP contribution in [0.2, 0.25) is 0 Å². The molecule has 5 rings (SSSR count). The van der Waals surface area contributed by atoms with Gasteiger partial charge in [-0.25, -0.2) is 4.39 Å². The third-order valence-corrected chi connectivity index (χ3v) is 7.67. The lowest BCUT2D eigenvalue weighted by atomic mass is 9.72. The molecule has 8 heteroatoms. The Balaban J connectivity index is 1.60. The molecule has 1 aliphatic carbocycles. The fraction of sp³-hybridized carbons (Fsp3) is 0.214. The molecule has 0 fully saturated rings. The Morgan fingerprint density at radius 3 is 2.72 bits per heavy atom. The summed E-state index contributed by atoms with van der Waals surface area (Å²) in [5.74, 6) is -1.35. The zero-order chi connectivity index (χ0) is 25.4. The number of carbonyl (C=O) groups excluding carboxylic acids is 2. The maximum Gasteiger partial charge on any atom is 0.254 e. The lowest BCUT2D eigenvalue weighted by Gasteiger charge is -2.36. The Morgan fingerprint density at radius 1 is 1.17 bits per heavy atom. The summed E-state index contributed by atoms with van der Waals surface area (Å²) in [5.41, 5.74) is 3.25. The summed E-state index contributed by atoms with van der Waals surface area (Å²) in [4.78, 5) is 28.4. The van der Waals surface area contributed by atoms with Crippen molar-refractivity contribution in [3.05, 3.63) is 98.8 Å². The first-order valence-corrected chi connectivity index (χ1v) is 12.4. The summed E-state index contributed by atoms with van der Waals surface area (Å²) in [6, 6.07) is 14.5. The number of halogens is 1. The number of methoxy groups -OCH3 is 1. The highest BCUT2D eigenvalue weighted by molar-refractivity contribution is 7.10. The number of carbonyl (C=O) groups is 2. The molecule has 0 unspecified atom stereocenters. The van der Waals surface area contributed by atoms with E-state index in [2.05, 4.69) is 10.6 Å². The molecule has 0 saturated carbocycles. The molecule has 2 atom stereocenters. The number of dihydropyridines is 1. The molecule has 1 aromatic heterocycles. The fourth-order valence-corrected chi connectivity index (χ4v) is 5.87. The molecule has 0 radical (unpaired) electrons. The van der Waals surface area contributed by atoms with Gasteiger partial charge in [0, 0.05) is 51.4 Å². The van der Waals surface area contributed by atoms with Gasteiger partial charge in [0.05, 0.1) is 7.11 Å². The van der Waals surface area contributed by atoms with Gasteiger partial charge >= 0.3 is 0 Å². The van der Waals surface area contributed by atoms with Crippen LogP contribution in [0.5, 0.6) is 11.5 Å². The van der Waals surface area contributed by atoms with Crippen LogP contribution >= 0.6 is 11.3 Å². The van der Waals surface area contributed by atoms with Crippen molar-refractivity contribution >= 4 is 28.7 Å². The molecule has 3 N–H and O–H groups in total. The Morgan fingerprint density at radius 2 is 2.00 bits per heavy atom. The normalized spacial score (nSPS) is 19.6. The highest BCUT2D eigenvalue weighted by Crippen LogP contribution is 2.47. The lowest BCUT2D eigenvalue weighted by Crippen LogP contribution is -2.37. The molecule has 2 aromatic carbocycles. The number of phenols is 1. The van der Waals surface area contributed by atoms with Crippen LogP contribution in [0.4, 0.5) is 10.1 Å². The van der Waals surface area contributed by atoms with Crippen LogP contribution in [0.3, 0.4) is 0 Å². The molecule has 2 aliphatic rings. The largest absolute Gasteiger partial charge is 0.504 e. The number of benzene rings is 2. The average Bonchev–Trinajstić information content (AvgIpc) is 3.38. The van der Waals surface area contributed by atoms with Crippen LogP contribution in [-0.2, 0) is 9.59 Å². The van der Waals surface area contributed by atoms with E-state index in [1.807, 2.05) is 17.5 Å². The Bertz CT molecular complexity index is 1410. The first-order valence-electron chi connectivity index (χ1n) is 11.6. The van der Waals surface area contributed by atoms with Gasteiger partial charge in [-0.05, 0) is 60.7 Å². The molecule has 1 aliphatic heterocycles. The van der Waals surface area contributed by atoms with Crippen molar-refractivity contribution in [2.45, 2.75) is 31.6 Å². The minimum Gasteiger partial charge on any atom is -0.504 e. The Kier molecular flexibility index (Phi) is 6.36. The number of hydrogen-bond acceptors (Lipinski definition) is 6. The summed E-state index contributed by atoms with van der Waals surface area (Å²) in [7, 11) is 1.45. The number of allylic oxidation sites excluding steroid dienone is 3. The average molecular weight is 505 g/mol. The second-order valence-corrected chi connectivity index (χ2v) is 9.91. The molecule has 0 spiro atoms. The number of thiophene rings is 1. The van der Waals surface area contributed by atoms with Gasteiger partial charge in [-0.1, -0.05) is 18.2 Å². The molecular weight excluding hydrogens is 479 g/mol. The minimum atomic E-state index is -0.680. The summed E-state index contributed by atoms with van der Waals surface area (Å²) in [6.45, 7) is 1.80. The monoisotopic (exact) mass is 504 g/mol. The number of aromatic hydroxyl groups is 1. The van der Waals surface area contributed by atoms with Crippen molar-refractivity contribution < 1.29 is 23.8 Å². The Labute approximate surface area is 212 Å². The predicted octanol–water partition coefficient (Wildman–Crippen LogP) is 5.60. The summed E-state index contributed by atoms with van der Waals surface area (Å²) in [5, 5.41) is 18.3. The summed E-state index contributed by atoms with van der Waals surface area (Å²) < 4.78 is 19.1. The quantitative estimate of drug-likeness (QED) is 0.421. The third kappa shape index (κ3) is 4.40. The number of amides is 1. The van der Waals surface area contributed by atoms with Crippen LogP contribution < -0.4 is 15.4 Å². The molecule has 184 valence electrons. The highest BCUT2D eigenvalue weighted by atomic mass is 32.1. The van der Waals surface area contributed by atoms with Crippen molar-refractivity contribution in [3.8, 4) is 11.5 Å². The zero-order valence-corrected chi connectivity index (χ0v) is 20.6. The van der Waals surface area contributed by atoms with E-state index in [4.69, 9.17) is 4.74 Å². The van der Waals surface area contributed by atoms with Crippen molar-refractivity contribution in [1.82, 2.24) is 5.32 Å². The van der Waals surface area contributed by atoms with Gasteiger partial charge in [0.1, 0.15) is 5.82 Å². The van der Waals surface area contributed by atoms with Crippen molar-refractivity contribution in [2.75, 3.05) is 12.4 Å². The maximum atomic E-state index is 13.8. The van der Waals surface area contributed by atoms with Crippen molar-refractivity contribution in [1.29, 1.82) is 0 Å². The van der Waals surface area contributed by atoms with E-state index >= 15 is 0 Å². The maximum absolute atomic E-state index is 13.8. The number of hydrogen-bond donors (Lipinski definition) is 3. The standard InChI is InChI=1S/C28H25FN2O4S/c1-15-25(28(34)31-19-6-3-5-18(29)14-19)26(16-8-9-21(32)23(13-16)35-2)27-20(30-15)11-17(12-22(27)33)24-7-4-10-36-24/h3-10,13-14,17,26,30,32H,11-12H2,1-2H3,(H,31,34)/t17-,26+/m1/s1. The van der Waals surface area contributed by atoms with Crippen LogP contribution in [0.25, 0.3) is 0 Å². The van der Waals surface area contributed by atoms with E-state index in [9.17, 15) is 19.1 Å². The molecule has 3 aromatic rings. The highest BCUT2D eigenvalue weighted by Gasteiger charge is 2.41. The van der Waals surface area contributed by atoms with Crippen LogP contribution in [-0.4, -0.2) is 23.9 Å². The first-order chi connectivity index (χ1) is 17.4. The molecule has 0 bridgehead atoms. The van der Waals surface area contributed by atoms with Gasteiger partial charge in [0.2, 0.25) is 0 Å². The zero-order valence-electron chi connectivity index (χ0n) is 19.8. The van der Waals surface area contributed by atoms with E-state index in [1.54, 1.807) is 36.5 Å². The van der Waals surface area contributed by atoms with E-state index in [0.717, 1.165) is 10.6 Å². The number of anilines is 1. The number of nitrogens with one attached hydrogen (secondary N) is 2. The SMILES string of the molecule is COc1cc([C@H]2C(C(=O)Nc3cccc(F)c3)=C(C)NC3=C2C(=O)C[C@H](c2cccs2)C3)ccc1O. The second kappa shape index (κ2) is 9.62. The van der Waals surface area contributed by atoms with Crippen LogP contribution in [0, 0.1) is 5.82 Å². The van der Waals surface area contributed by atoms with E-state index in [0.29, 0.717) is 40.9 Å². The van der Waals surface area contributed by atoms with E-state index in [1.165, 1.54) is 31.4 Å². The first kappa shape index (κ1) is 23.8. The predicted molar refractivity (Wildman–Crippen MR) is 137 cm³/mol. The van der Waals surface area contributed by atoms with Gasteiger partial charge in [-0.3, -0.25) is 9.59 Å². The second-order valence-electron chi connectivity index (χ2n) is 8.93. The number of phenolic OH excluding ortho intramolecular Hbond substituents is 1. The minimum absolute atomic E-state index is 0.0384. The smallest absolute Gasteiger partial charge is 0.254 e. The molecule has 1 amide bonds. The number of rotatable bonds is 5. The van der Waals surface area contributed by atoms with Gasteiger partial charge in [0.15, 0.2) is 17.3 Å². The Hall–Kier alpha value is -3.91. The van der Waals surface area contributed by atoms with E-state index < -0.39 is 17.6 Å². The third-order valence-electron chi connectivity index (χ3n) is 6.64. The number of ether oxygens (including phenoxy) is 1. The summed E-state index contributed by atoms with van der Waals surface area (Å²) in [6.07, 6.45) is 0.980. The topological polar surface area (TPSA) is 87.7 Å². The molecule has 36 heavy (non-hydrogen) atoms. The van der Waals surface area contributed by atoms with Gasteiger partial charge < -0.3 is 20.5 Å². The number of Topliss-reactive ketones (excluding diaryl/α,β-unsaturated/α-hetero) is 1. The van der Waals surface area contributed by atoms with Crippen LogP contribution in [0.15, 0.2) is 82.5 Å². The fourth-order valence-electron chi connectivity index (χ4n) is 5.04. The summed E-state index contributed by atoms with van der Waals surface area (Å²) >= 11 is 1.63. The van der Waals surface area contributed by atoms with Gasteiger partial charge in [-0.2, -0.15) is 0 Å². The molecular formula is C28H25FN2O4S. The molecule has 0 saturated heterocycles. The van der Waals surface area contributed by atoms with Crippen molar-refractivity contribution in [2.24, 2.45) is 0 Å². The molecule has 6 nitrogen and oxygen atoms in total. The van der Waals surface area contributed by atoms with Gasteiger partial charge in [-0.15, -0.1) is 11.3 Å².